The molecule has 2 N–H and O–H groups in total. The molecule has 29 heavy (non-hydrogen) atoms. The third-order valence-corrected chi connectivity index (χ3v) is 6.14. The van der Waals surface area contributed by atoms with E-state index >= 15 is 0 Å². The van der Waals surface area contributed by atoms with Crippen molar-refractivity contribution in [1.82, 2.24) is 5.32 Å². The standard InChI is InChI=1S/C21H23ClN2O4S/c1-14(29-13-18(21(27)28)23-15(2)25)19(22)20(26)24(16-9-5-3-6-10-16)17-11-7-4-8-12-17/h3-12,14,18-19H,13H2,1-2H3,(H,23,25)(H,27,28). The number of nitrogens with zero attached hydrogens (tertiary/aromatic N) is 1. The number of amides is 2. The van der Waals surface area contributed by atoms with Gasteiger partial charge in [0.05, 0.1) is 0 Å². The Morgan fingerprint density at radius 3 is 1.93 bits per heavy atom. The Morgan fingerprint density at radius 1 is 1.03 bits per heavy atom. The van der Waals surface area contributed by atoms with Gasteiger partial charge in [0.15, 0.2) is 0 Å². The van der Waals surface area contributed by atoms with Gasteiger partial charge in [-0.3, -0.25) is 14.5 Å². The van der Waals surface area contributed by atoms with Gasteiger partial charge >= 0.3 is 5.97 Å². The summed E-state index contributed by atoms with van der Waals surface area (Å²) in [6.45, 7) is 3.02. The lowest BCUT2D eigenvalue weighted by Crippen LogP contribution is -2.43. The predicted molar refractivity (Wildman–Crippen MR) is 117 cm³/mol. The molecule has 3 unspecified atom stereocenters. The first-order valence-electron chi connectivity index (χ1n) is 9.01. The molecule has 154 valence electrons. The Hall–Kier alpha value is -2.51. The van der Waals surface area contributed by atoms with E-state index in [4.69, 9.17) is 11.6 Å². The van der Waals surface area contributed by atoms with Gasteiger partial charge in [-0.25, -0.2) is 4.79 Å². The second-order valence-electron chi connectivity index (χ2n) is 6.38. The smallest absolute Gasteiger partial charge is 0.327 e. The molecular formula is C21H23ClN2O4S. The number of hydrogen-bond donors (Lipinski definition) is 2. The number of rotatable bonds is 9. The minimum Gasteiger partial charge on any atom is -0.480 e. The Morgan fingerprint density at radius 2 is 1.52 bits per heavy atom. The highest BCUT2D eigenvalue weighted by atomic mass is 35.5. The molecule has 0 heterocycles. The summed E-state index contributed by atoms with van der Waals surface area (Å²) in [6, 6.07) is 17.3. The molecule has 2 aromatic rings. The lowest BCUT2D eigenvalue weighted by Gasteiger charge is -2.28. The van der Waals surface area contributed by atoms with Crippen molar-refractivity contribution in [2.45, 2.75) is 30.5 Å². The molecule has 2 amide bonds. The van der Waals surface area contributed by atoms with E-state index in [1.807, 2.05) is 60.7 Å². The zero-order chi connectivity index (χ0) is 21.4. The topological polar surface area (TPSA) is 86.7 Å². The van der Waals surface area contributed by atoms with Crippen molar-refractivity contribution in [2.75, 3.05) is 10.7 Å². The maximum Gasteiger partial charge on any atom is 0.327 e. The number of hydrogen-bond acceptors (Lipinski definition) is 4. The second-order valence-corrected chi connectivity index (χ2v) is 8.26. The number of carboxylic acid groups (broad SMARTS) is 1. The number of carbonyl (C=O) groups is 3. The zero-order valence-corrected chi connectivity index (χ0v) is 17.7. The number of aliphatic carboxylic acids is 1. The lowest BCUT2D eigenvalue weighted by molar-refractivity contribution is -0.140. The molecular weight excluding hydrogens is 412 g/mol. The van der Waals surface area contributed by atoms with Crippen LogP contribution in [0.25, 0.3) is 0 Å². The monoisotopic (exact) mass is 434 g/mol. The summed E-state index contributed by atoms with van der Waals surface area (Å²) in [5, 5.41) is 10.3. The van der Waals surface area contributed by atoms with E-state index in [2.05, 4.69) is 5.32 Å². The Balaban J connectivity index is 2.16. The van der Waals surface area contributed by atoms with Gasteiger partial charge in [0.25, 0.3) is 5.91 Å². The van der Waals surface area contributed by atoms with Gasteiger partial charge in [-0.1, -0.05) is 43.3 Å². The number of halogens is 1. The molecule has 8 heteroatoms. The molecule has 0 radical (unpaired) electrons. The summed E-state index contributed by atoms with van der Waals surface area (Å²) in [4.78, 5) is 37.3. The minimum atomic E-state index is -1.13. The summed E-state index contributed by atoms with van der Waals surface area (Å²) in [5.74, 6) is -1.77. The fraction of sp³-hybridized carbons (Fsp3) is 0.286. The summed E-state index contributed by atoms with van der Waals surface area (Å²) >= 11 is 7.72. The van der Waals surface area contributed by atoms with Crippen molar-refractivity contribution in [3.63, 3.8) is 0 Å². The quantitative estimate of drug-likeness (QED) is 0.588. The summed E-state index contributed by atoms with van der Waals surface area (Å²) in [6.07, 6.45) is 0. The van der Waals surface area contributed by atoms with E-state index < -0.39 is 23.3 Å². The van der Waals surface area contributed by atoms with Crippen LogP contribution in [-0.2, 0) is 14.4 Å². The van der Waals surface area contributed by atoms with Crippen LogP contribution in [0.2, 0.25) is 0 Å². The van der Waals surface area contributed by atoms with Gasteiger partial charge in [0.1, 0.15) is 11.4 Å². The minimum absolute atomic E-state index is 0.100. The first-order chi connectivity index (χ1) is 13.8. The van der Waals surface area contributed by atoms with E-state index in [-0.39, 0.29) is 16.9 Å². The predicted octanol–water partition coefficient (Wildman–Crippen LogP) is 3.67. The van der Waals surface area contributed by atoms with E-state index in [9.17, 15) is 19.5 Å². The fourth-order valence-electron chi connectivity index (χ4n) is 2.63. The maximum atomic E-state index is 13.2. The highest BCUT2D eigenvalue weighted by molar-refractivity contribution is 8.00. The van der Waals surface area contributed by atoms with Crippen molar-refractivity contribution >= 4 is 52.5 Å². The summed E-state index contributed by atoms with van der Waals surface area (Å²) < 4.78 is 0. The summed E-state index contributed by atoms with van der Waals surface area (Å²) in [5.41, 5.74) is 1.38. The fourth-order valence-corrected chi connectivity index (χ4v) is 3.96. The SMILES string of the molecule is CC(=O)NC(CSC(C)C(Cl)C(=O)N(c1ccccc1)c1ccccc1)C(=O)O. The zero-order valence-electron chi connectivity index (χ0n) is 16.1. The number of anilines is 2. The van der Waals surface area contributed by atoms with Crippen LogP contribution in [0, 0.1) is 0 Å². The first kappa shape index (κ1) is 22.8. The van der Waals surface area contributed by atoms with Crippen molar-refractivity contribution in [1.29, 1.82) is 0 Å². The first-order valence-corrected chi connectivity index (χ1v) is 10.5. The molecule has 0 aromatic heterocycles. The average molecular weight is 435 g/mol. The Bertz CT molecular complexity index is 796. The second kappa shape index (κ2) is 10.9. The van der Waals surface area contributed by atoms with Gasteiger partial charge in [-0.2, -0.15) is 11.8 Å². The van der Waals surface area contributed by atoms with E-state index in [0.717, 1.165) is 0 Å². The Kier molecular flexibility index (Phi) is 8.54. The van der Waals surface area contributed by atoms with E-state index in [0.29, 0.717) is 11.4 Å². The molecule has 3 atom stereocenters. The van der Waals surface area contributed by atoms with Crippen molar-refractivity contribution < 1.29 is 19.5 Å². The third kappa shape index (κ3) is 6.51. The van der Waals surface area contributed by atoms with Gasteiger partial charge in [-0.15, -0.1) is 11.6 Å². The van der Waals surface area contributed by atoms with Crippen LogP contribution in [0.5, 0.6) is 0 Å². The highest BCUT2D eigenvalue weighted by Crippen LogP contribution is 2.30. The number of thioether (sulfide) groups is 1. The molecule has 0 bridgehead atoms. The van der Waals surface area contributed by atoms with Crippen molar-refractivity contribution in [2.24, 2.45) is 0 Å². The molecule has 0 saturated carbocycles. The molecule has 6 nitrogen and oxygen atoms in total. The van der Waals surface area contributed by atoms with Crippen LogP contribution >= 0.6 is 23.4 Å². The number of benzene rings is 2. The largest absolute Gasteiger partial charge is 0.480 e. The molecule has 0 spiro atoms. The molecule has 0 aliphatic carbocycles. The van der Waals surface area contributed by atoms with Crippen LogP contribution < -0.4 is 10.2 Å². The molecule has 2 rings (SSSR count). The lowest BCUT2D eigenvalue weighted by atomic mass is 10.2. The molecule has 0 fully saturated rings. The van der Waals surface area contributed by atoms with Crippen molar-refractivity contribution in [3.05, 3.63) is 60.7 Å². The van der Waals surface area contributed by atoms with Crippen LogP contribution in [0.4, 0.5) is 11.4 Å². The van der Waals surface area contributed by atoms with Crippen LogP contribution in [-0.4, -0.2) is 45.3 Å². The van der Waals surface area contributed by atoms with Gasteiger partial charge < -0.3 is 10.4 Å². The number of alkyl halides is 1. The number of nitrogens with one attached hydrogen (secondary N) is 1. The van der Waals surface area contributed by atoms with Gasteiger partial charge in [0, 0.05) is 29.3 Å². The number of carbonyl (C=O) groups excluding carboxylic acids is 2. The average Bonchev–Trinajstić information content (AvgIpc) is 2.71. The van der Waals surface area contributed by atoms with Gasteiger partial charge in [0.2, 0.25) is 5.91 Å². The molecule has 2 aromatic carbocycles. The molecule has 0 aliphatic rings. The summed E-state index contributed by atoms with van der Waals surface area (Å²) in [7, 11) is 0. The number of carboxylic acids is 1. The molecule has 0 aliphatic heterocycles. The Labute approximate surface area is 179 Å². The molecule has 0 saturated heterocycles. The van der Waals surface area contributed by atoms with Crippen molar-refractivity contribution in [3.8, 4) is 0 Å². The third-order valence-electron chi connectivity index (χ3n) is 4.10. The normalized spacial score (nSPS) is 13.8. The maximum absolute atomic E-state index is 13.2. The number of para-hydroxylation sites is 2. The van der Waals surface area contributed by atoms with E-state index in [1.54, 1.807) is 11.8 Å². The van der Waals surface area contributed by atoms with Gasteiger partial charge in [-0.05, 0) is 24.3 Å². The van der Waals surface area contributed by atoms with Crippen LogP contribution in [0.1, 0.15) is 13.8 Å². The van der Waals surface area contributed by atoms with E-state index in [1.165, 1.54) is 18.7 Å². The van der Waals surface area contributed by atoms with Crippen LogP contribution in [0.15, 0.2) is 60.7 Å². The van der Waals surface area contributed by atoms with Crippen LogP contribution in [0.3, 0.4) is 0 Å². The highest BCUT2D eigenvalue weighted by Gasteiger charge is 2.31.